The van der Waals surface area contributed by atoms with Crippen LogP contribution < -0.4 is 10.6 Å². The van der Waals surface area contributed by atoms with Crippen molar-refractivity contribution in [3.63, 3.8) is 0 Å². The third-order valence-corrected chi connectivity index (χ3v) is 5.05. The van der Waals surface area contributed by atoms with Crippen LogP contribution in [0, 0.1) is 5.92 Å². The van der Waals surface area contributed by atoms with Crippen LogP contribution in [0.15, 0.2) is 24.4 Å². The summed E-state index contributed by atoms with van der Waals surface area (Å²) in [4.78, 5) is 7.45. The van der Waals surface area contributed by atoms with Gasteiger partial charge in [0, 0.05) is 36.5 Å². The molecule has 0 amide bonds. The van der Waals surface area contributed by atoms with E-state index in [2.05, 4.69) is 20.6 Å². The SMILES string of the molecule is OC(NCC1CCOCC1)c1cnc(Nc2ccc(Cl)cc2Cl)nc1C(F)(F)F. The van der Waals surface area contributed by atoms with Crippen LogP contribution in [-0.4, -0.2) is 34.8 Å². The summed E-state index contributed by atoms with van der Waals surface area (Å²) in [6.45, 7) is 1.57. The molecule has 3 N–H and O–H groups in total. The van der Waals surface area contributed by atoms with Crippen LogP contribution in [0.3, 0.4) is 0 Å². The first kappa shape index (κ1) is 22.0. The molecule has 11 heteroatoms. The Morgan fingerprint density at radius 3 is 2.62 bits per heavy atom. The van der Waals surface area contributed by atoms with Crippen molar-refractivity contribution in [3.8, 4) is 0 Å². The summed E-state index contributed by atoms with van der Waals surface area (Å²) in [7, 11) is 0. The number of hydrogen-bond acceptors (Lipinski definition) is 6. The Kier molecular flexibility index (Phi) is 7.18. The highest BCUT2D eigenvalue weighted by molar-refractivity contribution is 6.36. The Hall–Kier alpha value is -1.65. The molecule has 0 bridgehead atoms. The maximum Gasteiger partial charge on any atom is 0.433 e. The maximum atomic E-state index is 13.5. The molecule has 6 nitrogen and oxygen atoms in total. The molecule has 1 aliphatic rings. The van der Waals surface area contributed by atoms with E-state index in [0.717, 1.165) is 19.0 Å². The highest BCUT2D eigenvalue weighted by atomic mass is 35.5. The van der Waals surface area contributed by atoms with Gasteiger partial charge in [-0.05, 0) is 37.0 Å². The molecule has 29 heavy (non-hydrogen) atoms. The fourth-order valence-electron chi connectivity index (χ4n) is 2.93. The third kappa shape index (κ3) is 5.93. The Morgan fingerprint density at radius 2 is 1.97 bits per heavy atom. The molecule has 1 fully saturated rings. The number of benzene rings is 1. The smallest absolute Gasteiger partial charge is 0.381 e. The summed E-state index contributed by atoms with van der Waals surface area (Å²) in [5.74, 6) is -0.0800. The zero-order valence-corrected chi connectivity index (χ0v) is 16.7. The number of anilines is 2. The van der Waals surface area contributed by atoms with Crippen molar-refractivity contribution >= 4 is 34.8 Å². The largest absolute Gasteiger partial charge is 0.433 e. The number of alkyl halides is 3. The lowest BCUT2D eigenvalue weighted by Gasteiger charge is -2.24. The average molecular weight is 451 g/mol. The number of aliphatic hydroxyl groups is 1. The molecule has 0 saturated carbocycles. The number of nitrogens with one attached hydrogen (secondary N) is 2. The van der Waals surface area contributed by atoms with E-state index in [-0.39, 0.29) is 16.9 Å². The molecule has 158 valence electrons. The topological polar surface area (TPSA) is 79.3 Å². The van der Waals surface area contributed by atoms with Crippen LogP contribution >= 0.6 is 23.2 Å². The van der Waals surface area contributed by atoms with Gasteiger partial charge in [-0.2, -0.15) is 13.2 Å². The quantitative estimate of drug-likeness (QED) is 0.560. The molecule has 2 aromatic rings. The lowest BCUT2D eigenvalue weighted by atomic mass is 10.0. The van der Waals surface area contributed by atoms with Crippen LogP contribution in [0.1, 0.15) is 30.3 Å². The normalized spacial score (nSPS) is 16.6. The summed E-state index contributed by atoms with van der Waals surface area (Å²) >= 11 is 11.8. The van der Waals surface area contributed by atoms with Crippen LogP contribution in [0.2, 0.25) is 10.0 Å². The second kappa shape index (κ2) is 9.44. The van der Waals surface area contributed by atoms with Crippen LogP contribution in [0.5, 0.6) is 0 Å². The zero-order valence-electron chi connectivity index (χ0n) is 15.1. The standard InChI is InChI=1S/C18H19Cl2F3N4O2/c19-11-1-2-14(13(20)7-11)26-17-25-9-12(15(27-17)18(21,22)23)16(28)24-8-10-3-5-29-6-4-10/h1-2,7,9-10,16,24,28H,3-6,8H2,(H,25,26,27). The van der Waals surface area contributed by atoms with E-state index in [4.69, 9.17) is 27.9 Å². The Morgan fingerprint density at radius 1 is 1.24 bits per heavy atom. The number of aromatic nitrogens is 2. The molecule has 1 saturated heterocycles. The average Bonchev–Trinajstić information content (AvgIpc) is 2.68. The van der Waals surface area contributed by atoms with Crippen molar-refractivity contribution in [2.45, 2.75) is 25.2 Å². The van der Waals surface area contributed by atoms with Crippen molar-refractivity contribution in [2.24, 2.45) is 5.92 Å². The van der Waals surface area contributed by atoms with Crippen LogP contribution in [-0.2, 0) is 10.9 Å². The van der Waals surface area contributed by atoms with Gasteiger partial charge in [-0.1, -0.05) is 23.2 Å². The molecule has 1 aromatic heterocycles. The molecule has 1 unspecified atom stereocenters. The highest BCUT2D eigenvalue weighted by Gasteiger charge is 2.38. The van der Waals surface area contributed by atoms with E-state index in [9.17, 15) is 18.3 Å². The maximum absolute atomic E-state index is 13.5. The van der Waals surface area contributed by atoms with E-state index < -0.39 is 23.7 Å². The monoisotopic (exact) mass is 450 g/mol. The Bertz CT molecular complexity index is 848. The summed E-state index contributed by atoms with van der Waals surface area (Å²) in [5.41, 5.74) is -1.38. The van der Waals surface area contributed by atoms with E-state index in [1.54, 1.807) is 0 Å². The second-order valence-electron chi connectivity index (χ2n) is 6.61. The third-order valence-electron chi connectivity index (χ3n) is 4.50. The van der Waals surface area contributed by atoms with E-state index >= 15 is 0 Å². The zero-order chi connectivity index (χ0) is 21.0. The summed E-state index contributed by atoms with van der Waals surface area (Å²) in [6.07, 6.45) is -3.81. The van der Waals surface area contributed by atoms with Crippen molar-refractivity contribution in [1.82, 2.24) is 15.3 Å². The summed E-state index contributed by atoms with van der Waals surface area (Å²) in [5, 5.41) is 16.2. The van der Waals surface area contributed by atoms with Gasteiger partial charge >= 0.3 is 6.18 Å². The molecule has 1 aliphatic heterocycles. The first-order chi connectivity index (χ1) is 13.7. The predicted molar refractivity (Wildman–Crippen MR) is 103 cm³/mol. The summed E-state index contributed by atoms with van der Waals surface area (Å²) < 4.78 is 45.9. The number of hydrogen-bond donors (Lipinski definition) is 3. The van der Waals surface area contributed by atoms with E-state index in [0.29, 0.717) is 30.5 Å². The van der Waals surface area contributed by atoms with Gasteiger partial charge in [0.05, 0.1) is 10.7 Å². The first-order valence-corrected chi connectivity index (χ1v) is 9.65. The van der Waals surface area contributed by atoms with Gasteiger partial charge in [0.15, 0.2) is 5.69 Å². The van der Waals surface area contributed by atoms with E-state index in [1.807, 2.05) is 0 Å². The number of nitrogens with zero attached hydrogens (tertiary/aromatic N) is 2. The van der Waals surface area contributed by atoms with Crippen molar-refractivity contribution in [3.05, 3.63) is 45.7 Å². The predicted octanol–water partition coefficient (Wildman–Crippen LogP) is 4.55. The van der Waals surface area contributed by atoms with Gasteiger partial charge < -0.3 is 15.2 Å². The Labute approximate surface area is 175 Å². The molecule has 1 atom stereocenters. The van der Waals surface area contributed by atoms with Gasteiger partial charge in [-0.15, -0.1) is 0 Å². The minimum Gasteiger partial charge on any atom is -0.381 e. The molecule has 0 aliphatic carbocycles. The lowest BCUT2D eigenvalue weighted by Crippen LogP contribution is -2.32. The minimum absolute atomic E-state index is 0.205. The number of ether oxygens (including phenoxy) is 1. The van der Waals surface area contributed by atoms with Crippen molar-refractivity contribution in [2.75, 3.05) is 25.1 Å². The lowest BCUT2D eigenvalue weighted by molar-refractivity contribution is -0.143. The highest BCUT2D eigenvalue weighted by Crippen LogP contribution is 2.34. The summed E-state index contributed by atoms with van der Waals surface area (Å²) in [6, 6.07) is 4.47. The van der Waals surface area contributed by atoms with Crippen LogP contribution in [0.25, 0.3) is 0 Å². The van der Waals surface area contributed by atoms with Gasteiger partial charge in [0.2, 0.25) is 5.95 Å². The molecule has 2 heterocycles. The van der Waals surface area contributed by atoms with Crippen LogP contribution in [0.4, 0.5) is 24.8 Å². The molecule has 0 spiro atoms. The van der Waals surface area contributed by atoms with Gasteiger partial charge in [-0.25, -0.2) is 9.97 Å². The second-order valence-corrected chi connectivity index (χ2v) is 7.45. The Balaban J connectivity index is 1.78. The molecule has 1 aromatic carbocycles. The molecule has 0 radical (unpaired) electrons. The first-order valence-electron chi connectivity index (χ1n) is 8.89. The number of rotatable bonds is 6. The van der Waals surface area contributed by atoms with Gasteiger partial charge in [-0.3, -0.25) is 5.32 Å². The van der Waals surface area contributed by atoms with Gasteiger partial charge in [0.1, 0.15) is 6.23 Å². The van der Waals surface area contributed by atoms with Crippen molar-refractivity contribution < 1.29 is 23.0 Å². The fourth-order valence-corrected chi connectivity index (χ4v) is 3.38. The minimum atomic E-state index is -4.78. The number of halogens is 5. The fraction of sp³-hybridized carbons (Fsp3) is 0.444. The van der Waals surface area contributed by atoms with Crippen molar-refractivity contribution in [1.29, 1.82) is 0 Å². The number of aliphatic hydroxyl groups excluding tert-OH is 1. The van der Waals surface area contributed by atoms with E-state index in [1.165, 1.54) is 18.2 Å². The van der Waals surface area contributed by atoms with Gasteiger partial charge in [0.25, 0.3) is 0 Å². The molecular weight excluding hydrogens is 432 g/mol. The molecule has 3 rings (SSSR count). The molecular formula is C18H19Cl2F3N4O2.